The van der Waals surface area contributed by atoms with Crippen molar-refractivity contribution in [3.05, 3.63) is 29.6 Å². The summed E-state index contributed by atoms with van der Waals surface area (Å²) in [5.41, 5.74) is 1.14. The Morgan fingerprint density at radius 1 is 1.20 bits per heavy atom. The van der Waals surface area contributed by atoms with Crippen molar-refractivity contribution < 1.29 is 4.43 Å². The van der Waals surface area contributed by atoms with Crippen molar-refractivity contribution in [1.82, 2.24) is 4.98 Å². The topological polar surface area (TPSA) is 45.9 Å². The highest BCUT2D eigenvalue weighted by molar-refractivity contribution is 6.74. The zero-order valence-electron chi connectivity index (χ0n) is 13.7. The number of nitrogens with zero attached hydrogens (tertiary/aromatic N) is 2. The molecule has 1 aromatic heterocycles. The van der Waals surface area contributed by atoms with Gasteiger partial charge in [0.15, 0.2) is 8.32 Å². The third-order valence-corrected chi connectivity index (χ3v) is 8.59. The lowest BCUT2D eigenvalue weighted by molar-refractivity contribution is 0.271. The second-order valence-electron chi connectivity index (χ2n) is 7.30. The molecule has 0 radical (unpaired) electrons. The van der Waals surface area contributed by atoms with Crippen LogP contribution in [0.1, 0.15) is 46.0 Å². The van der Waals surface area contributed by atoms with E-state index in [0.29, 0.717) is 6.61 Å². The summed E-state index contributed by atoms with van der Waals surface area (Å²) in [6.45, 7) is 15.4. The minimum absolute atomic E-state index is 0.191. The van der Waals surface area contributed by atoms with E-state index in [1.165, 1.54) is 0 Å². The molecule has 0 spiro atoms. The molecule has 0 aromatic carbocycles. The Labute approximate surface area is 124 Å². The molecule has 1 aromatic rings. The van der Waals surface area contributed by atoms with Crippen molar-refractivity contribution in [3.8, 4) is 6.07 Å². The van der Waals surface area contributed by atoms with Crippen molar-refractivity contribution in [1.29, 1.82) is 5.26 Å². The molecule has 0 saturated carbocycles. The standard InChI is InChI=1S/C16H26N2OSi/c1-15(2,3)20(6,7)19-11-13-9-8-10-14(18-13)16(4,5)12-17/h8-10H,11H2,1-7H3. The first kappa shape index (κ1) is 16.9. The maximum absolute atomic E-state index is 9.19. The first-order valence-electron chi connectivity index (χ1n) is 7.01. The van der Waals surface area contributed by atoms with Crippen molar-refractivity contribution >= 4 is 8.32 Å². The lowest BCUT2D eigenvalue weighted by Crippen LogP contribution is -2.40. The molecule has 0 atom stereocenters. The molecule has 0 aliphatic rings. The summed E-state index contributed by atoms with van der Waals surface area (Å²) in [6.07, 6.45) is 0. The molecule has 3 nitrogen and oxygen atoms in total. The van der Waals surface area contributed by atoms with Crippen LogP contribution in [0.3, 0.4) is 0 Å². The summed E-state index contributed by atoms with van der Waals surface area (Å²) in [5, 5.41) is 9.38. The molecule has 110 valence electrons. The average molecular weight is 290 g/mol. The fourth-order valence-corrected chi connectivity index (χ4v) is 2.38. The van der Waals surface area contributed by atoms with E-state index in [1.54, 1.807) is 0 Å². The van der Waals surface area contributed by atoms with Crippen LogP contribution >= 0.6 is 0 Å². The van der Waals surface area contributed by atoms with Gasteiger partial charge in [0, 0.05) is 0 Å². The Hall–Kier alpha value is -1.18. The number of hydrogen-bond acceptors (Lipinski definition) is 3. The molecule has 0 fully saturated rings. The van der Waals surface area contributed by atoms with Gasteiger partial charge in [-0.1, -0.05) is 26.8 Å². The lowest BCUT2D eigenvalue weighted by Gasteiger charge is -2.36. The van der Waals surface area contributed by atoms with Gasteiger partial charge in [-0.2, -0.15) is 5.26 Å². The van der Waals surface area contributed by atoms with E-state index in [4.69, 9.17) is 4.43 Å². The van der Waals surface area contributed by atoms with Crippen LogP contribution in [-0.2, 0) is 16.4 Å². The third kappa shape index (κ3) is 3.91. The lowest BCUT2D eigenvalue weighted by atomic mass is 9.91. The van der Waals surface area contributed by atoms with Crippen LogP contribution in [0.5, 0.6) is 0 Å². The molecule has 0 amide bonds. The zero-order valence-corrected chi connectivity index (χ0v) is 14.7. The number of rotatable bonds is 4. The molecule has 0 aliphatic carbocycles. The van der Waals surface area contributed by atoms with Gasteiger partial charge in [-0.3, -0.25) is 4.98 Å². The van der Waals surface area contributed by atoms with E-state index in [9.17, 15) is 5.26 Å². The second-order valence-corrected chi connectivity index (χ2v) is 12.1. The van der Waals surface area contributed by atoms with Gasteiger partial charge in [0.05, 0.1) is 29.5 Å². The maximum atomic E-state index is 9.19. The predicted molar refractivity (Wildman–Crippen MR) is 84.9 cm³/mol. The highest BCUT2D eigenvalue weighted by atomic mass is 28.4. The first-order chi connectivity index (χ1) is 8.99. The van der Waals surface area contributed by atoms with Gasteiger partial charge in [0.2, 0.25) is 0 Å². The molecular weight excluding hydrogens is 264 g/mol. The van der Waals surface area contributed by atoms with Crippen LogP contribution in [0.25, 0.3) is 0 Å². The smallest absolute Gasteiger partial charge is 0.192 e. The minimum Gasteiger partial charge on any atom is -0.411 e. The van der Waals surface area contributed by atoms with Crippen LogP contribution in [-0.4, -0.2) is 13.3 Å². The normalized spacial score (nSPS) is 13.1. The summed E-state index contributed by atoms with van der Waals surface area (Å²) in [6, 6.07) is 8.10. The van der Waals surface area contributed by atoms with Gasteiger partial charge >= 0.3 is 0 Å². The fraction of sp³-hybridized carbons (Fsp3) is 0.625. The highest BCUT2D eigenvalue weighted by Gasteiger charge is 2.37. The largest absolute Gasteiger partial charge is 0.411 e. The van der Waals surface area contributed by atoms with Gasteiger partial charge in [0.1, 0.15) is 0 Å². The summed E-state index contributed by atoms with van der Waals surface area (Å²) in [5.74, 6) is 0. The SMILES string of the molecule is CC(C)(C#N)c1cccc(CO[Si](C)(C)C(C)(C)C)n1. The molecule has 0 N–H and O–H groups in total. The predicted octanol–water partition coefficient (Wildman–Crippen LogP) is 4.40. The number of aromatic nitrogens is 1. The van der Waals surface area contributed by atoms with E-state index in [-0.39, 0.29) is 5.04 Å². The zero-order chi connectivity index (χ0) is 15.6. The van der Waals surface area contributed by atoms with E-state index in [0.717, 1.165) is 11.4 Å². The Balaban J connectivity index is 2.87. The summed E-state index contributed by atoms with van der Waals surface area (Å²) in [7, 11) is -1.76. The number of nitriles is 1. The summed E-state index contributed by atoms with van der Waals surface area (Å²) < 4.78 is 6.17. The molecule has 0 unspecified atom stereocenters. The van der Waals surface area contributed by atoms with Gasteiger partial charge in [-0.25, -0.2) is 0 Å². The van der Waals surface area contributed by atoms with Gasteiger partial charge in [-0.15, -0.1) is 0 Å². The van der Waals surface area contributed by atoms with Crippen molar-refractivity contribution in [2.45, 2.75) is 64.8 Å². The summed E-state index contributed by atoms with van der Waals surface area (Å²) >= 11 is 0. The molecule has 0 saturated heterocycles. The Kier molecular flexibility index (Phi) is 4.78. The second kappa shape index (κ2) is 5.67. The van der Waals surface area contributed by atoms with Crippen LogP contribution < -0.4 is 0 Å². The van der Waals surface area contributed by atoms with Crippen LogP contribution in [0, 0.1) is 11.3 Å². The van der Waals surface area contributed by atoms with E-state index < -0.39 is 13.7 Å². The van der Waals surface area contributed by atoms with Crippen LogP contribution in [0.2, 0.25) is 18.1 Å². The molecule has 1 heterocycles. The van der Waals surface area contributed by atoms with Crippen LogP contribution in [0.15, 0.2) is 18.2 Å². The summed E-state index contributed by atoms with van der Waals surface area (Å²) in [4.78, 5) is 4.58. The van der Waals surface area contributed by atoms with Gasteiger partial charge < -0.3 is 4.43 Å². The Morgan fingerprint density at radius 3 is 2.30 bits per heavy atom. The van der Waals surface area contributed by atoms with Gasteiger partial charge in [-0.05, 0) is 44.1 Å². The molecule has 20 heavy (non-hydrogen) atoms. The van der Waals surface area contributed by atoms with Crippen molar-refractivity contribution in [2.75, 3.05) is 0 Å². The van der Waals surface area contributed by atoms with E-state index in [2.05, 4.69) is 44.9 Å². The van der Waals surface area contributed by atoms with E-state index in [1.807, 2.05) is 32.0 Å². The average Bonchev–Trinajstić information content (AvgIpc) is 2.35. The fourth-order valence-electron chi connectivity index (χ4n) is 1.44. The number of hydrogen-bond donors (Lipinski definition) is 0. The monoisotopic (exact) mass is 290 g/mol. The maximum Gasteiger partial charge on any atom is 0.192 e. The third-order valence-electron chi connectivity index (χ3n) is 4.11. The van der Waals surface area contributed by atoms with Crippen LogP contribution in [0.4, 0.5) is 0 Å². The van der Waals surface area contributed by atoms with E-state index >= 15 is 0 Å². The highest BCUT2D eigenvalue weighted by Crippen LogP contribution is 2.37. The quantitative estimate of drug-likeness (QED) is 0.772. The molecule has 0 bridgehead atoms. The van der Waals surface area contributed by atoms with Crippen molar-refractivity contribution in [3.63, 3.8) is 0 Å². The number of pyridine rings is 1. The Bertz CT molecular complexity index is 510. The molecule has 1 rings (SSSR count). The minimum atomic E-state index is -1.76. The first-order valence-corrected chi connectivity index (χ1v) is 9.92. The molecule has 4 heteroatoms. The molecule has 0 aliphatic heterocycles. The van der Waals surface area contributed by atoms with Crippen molar-refractivity contribution in [2.24, 2.45) is 0 Å². The molecular formula is C16H26N2OSi. The van der Waals surface area contributed by atoms with Gasteiger partial charge in [0.25, 0.3) is 0 Å². The Morgan fingerprint density at radius 2 is 1.80 bits per heavy atom.